The fourth-order valence-corrected chi connectivity index (χ4v) is 6.18. The van der Waals surface area contributed by atoms with Crippen molar-refractivity contribution in [3.63, 3.8) is 0 Å². The molecule has 1 saturated heterocycles. The maximum Gasteiger partial charge on any atom is 0.350 e. The van der Waals surface area contributed by atoms with E-state index < -0.39 is 93.1 Å². The van der Waals surface area contributed by atoms with Gasteiger partial charge >= 0.3 is 47.8 Å². The molecule has 5 aromatic rings. The molecule has 9 atom stereocenters. The molecule has 0 spiro atoms. The predicted molar refractivity (Wildman–Crippen MR) is 344 cm³/mol. The number of alkyl halides is 3. The van der Waals surface area contributed by atoms with Crippen molar-refractivity contribution in [3.8, 4) is 0 Å². The van der Waals surface area contributed by atoms with Gasteiger partial charge in [-0.1, -0.05) is 206 Å². The van der Waals surface area contributed by atoms with E-state index in [9.17, 15) is 43.2 Å². The minimum Gasteiger partial charge on any atom is -0.480 e. The van der Waals surface area contributed by atoms with E-state index >= 15 is 0 Å². The van der Waals surface area contributed by atoms with Crippen LogP contribution in [0.25, 0.3) is 0 Å². The number of aliphatic hydroxyl groups excluding tert-OH is 1. The Morgan fingerprint density at radius 3 is 1.11 bits per heavy atom. The average Bonchev–Trinajstić information content (AvgIpc) is 3.41. The largest absolute Gasteiger partial charge is 0.480 e. The van der Waals surface area contributed by atoms with Gasteiger partial charge < -0.3 is 73.9 Å². The van der Waals surface area contributed by atoms with Crippen LogP contribution in [0.3, 0.4) is 0 Å². The van der Waals surface area contributed by atoms with Crippen molar-refractivity contribution in [3.05, 3.63) is 179 Å². The number of hydrogen-bond donors (Lipinski definition) is 6. The van der Waals surface area contributed by atoms with Crippen molar-refractivity contribution >= 4 is 123 Å². The van der Waals surface area contributed by atoms with Gasteiger partial charge in [-0.15, -0.1) is 0 Å². The summed E-state index contributed by atoms with van der Waals surface area (Å²) in [6.07, 6.45) is -5.80. The van der Waals surface area contributed by atoms with E-state index in [-0.39, 0.29) is 55.8 Å². The Balaban J connectivity index is 0.000000552. The van der Waals surface area contributed by atoms with Crippen LogP contribution in [0, 0.1) is 0 Å². The normalized spacial score (nSPS) is 15.2. The summed E-state index contributed by atoms with van der Waals surface area (Å²) >= 11 is 10.7. The number of halogens is 4. The summed E-state index contributed by atoms with van der Waals surface area (Å²) in [5, 5.41) is 43.6. The Hall–Kier alpha value is -6.58. The summed E-state index contributed by atoms with van der Waals surface area (Å²) in [5.74, 6) is -7.03. The molecule has 9 unspecified atom stereocenters. The molecule has 1 aliphatic heterocycles. The number of aliphatic hydroxyl groups is 1. The van der Waals surface area contributed by atoms with Gasteiger partial charge in [-0.3, -0.25) is 19.2 Å². The van der Waals surface area contributed by atoms with Gasteiger partial charge in [-0.05, 0) is 71.4 Å². The molecular formula is C62H73Br3INO23. The summed E-state index contributed by atoms with van der Waals surface area (Å²) in [7, 11) is 0. The maximum absolute atomic E-state index is 11.4. The molecule has 0 bridgehead atoms. The van der Waals surface area contributed by atoms with E-state index in [0.29, 0.717) is 19.8 Å². The highest BCUT2D eigenvalue weighted by Gasteiger charge is 2.36. The van der Waals surface area contributed by atoms with Crippen LogP contribution in [0.4, 0.5) is 0 Å². The second-order valence-electron chi connectivity index (χ2n) is 18.5. The summed E-state index contributed by atoms with van der Waals surface area (Å²) in [6, 6.07) is 46.1. The molecular weight excluding hydrogens is 1490 g/mol. The number of carboxylic acids is 4. The van der Waals surface area contributed by atoms with E-state index in [4.69, 9.17) is 73.9 Å². The molecule has 5 aromatic carbocycles. The topological polar surface area (TPSA) is 364 Å². The van der Waals surface area contributed by atoms with Crippen molar-refractivity contribution in [2.45, 2.75) is 111 Å². The van der Waals surface area contributed by atoms with Gasteiger partial charge in [0, 0.05) is 0 Å². The number of carbonyl (C=O) groups excluding carboxylic acids is 5. The van der Waals surface area contributed by atoms with E-state index in [2.05, 4.69) is 47.8 Å². The lowest BCUT2D eigenvalue weighted by Gasteiger charge is -2.25. The lowest BCUT2D eigenvalue weighted by atomic mass is 10.2. The second-order valence-corrected chi connectivity index (χ2v) is 23.9. The maximum atomic E-state index is 11.4. The highest BCUT2D eigenvalue weighted by Crippen LogP contribution is 2.13. The van der Waals surface area contributed by atoms with E-state index in [1.54, 1.807) is 20.8 Å². The minimum absolute atomic E-state index is 0.00614. The molecule has 6 rings (SSSR count). The Morgan fingerprint density at radius 1 is 0.489 bits per heavy atom. The van der Waals surface area contributed by atoms with Crippen molar-refractivity contribution in [2.75, 3.05) is 33.0 Å². The first kappa shape index (κ1) is 81.4. The standard InChI is InChI=1S/C13H15BrO5.C13H15IO5.C13H14O5.C10H13NO3.C10H12O4.C3H4Br2O/c2*1-9(14)13(17)19-11(12(15)16)8-18-7-10-5-3-2-4-6-10;1-9-12(14)18-11(13(15)17-9)8-16-7-10-5-3-2-4-6-10;2*11-9(10(12)13)7-14-6-8-4-2-1-3-5-8;1-2(4)3(5)6/h2*2-6,9,11H,7-8H2,1H3,(H,15,16);2-6,9,11H,7-8H2,1H3;1-5,9H,6-7,11H2,(H,12,13);1-5,9,11H,6-7H2,(H,12,13);2H,1H3. The van der Waals surface area contributed by atoms with Gasteiger partial charge in [0.1, 0.15) is 14.8 Å². The molecule has 24 nitrogen and oxygen atoms in total. The Morgan fingerprint density at radius 2 is 0.811 bits per heavy atom. The highest BCUT2D eigenvalue weighted by molar-refractivity contribution is 14.1. The van der Waals surface area contributed by atoms with Crippen LogP contribution < -0.4 is 5.73 Å². The van der Waals surface area contributed by atoms with Crippen molar-refractivity contribution in [2.24, 2.45) is 5.73 Å². The summed E-state index contributed by atoms with van der Waals surface area (Å²) in [5.41, 5.74) is 10.1. The number of carbonyl (C=O) groups is 9. The van der Waals surface area contributed by atoms with Gasteiger partial charge in [0.2, 0.25) is 23.0 Å². The molecule has 0 radical (unpaired) electrons. The minimum atomic E-state index is -1.45. The fraction of sp³-hybridized carbons (Fsp3) is 0.371. The number of aliphatic carboxylic acids is 4. The summed E-state index contributed by atoms with van der Waals surface area (Å²) < 4.78 is 45.0. The molecule has 7 N–H and O–H groups in total. The van der Waals surface area contributed by atoms with E-state index in [1.165, 1.54) is 6.92 Å². The Bertz CT molecular complexity index is 2720. The smallest absolute Gasteiger partial charge is 0.350 e. The van der Waals surface area contributed by atoms with Gasteiger partial charge in [-0.25, -0.2) is 24.0 Å². The number of nitrogens with two attached hydrogens (primary N) is 1. The van der Waals surface area contributed by atoms with E-state index in [0.717, 1.165) is 27.8 Å². The quantitative estimate of drug-likeness (QED) is 0.00867. The average molecular weight is 1570 g/mol. The van der Waals surface area contributed by atoms with Crippen LogP contribution in [0.15, 0.2) is 152 Å². The number of hydrogen-bond acceptors (Lipinski definition) is 20. The monoisotopic (exact) mass is 1560 g/mol. The number of ether oxygens (including phenoxy) is 9. The van der Waals surface area contributed by atoms with Gasteiger partial charge in [0.15, 0.2) is 12.2 Å². The van der Waals surface area contributed by atoms with Crippen molar-refractivity contribution in [1.29, 1.82) is 0 Å². The molecule has 0 amide bonds. The number of rotatable bonds is 29. The molecule has 492 valence electrons. The van der Waals surface area contributed by atoms with Gasteiger partial charge in [-0.2, -0.15) is 0 Å². The van der Waals surface area contributed by atoms with Crippen LogP contribution in [0.2, 0.25) is 0 Å². The first-order chi connectivity index (χ1) is 42.7. The molecule has 28 heteroatoms. The predicted octanol–water partition coefficient (Wildman–Crippen LogP) is 8.02. The van der Waals surface area contributed by atoms with E-state index in [1.807, 2.05) is 174 Å². The molecule has 1 heterocycles. The Labute approximate surface area is 559 Å². The first-order valence-electron chi connectivity index (χ1n) is 27.1. The molecule has 0 aromatic heterocycles. The van der Waals surface area contributed by atoms with Gasteiger partial charge in [0.05, 0.1) is 70.9 Å². The SMILES string of the molecule is CC(Br)C(=O)Br.CC(Br)C(=O)OC(COCc1ccccc1)C(=O)O.CC(I)C(=O)OC(COCc1ccccc1)C(=O)O.CC1OC(=O)C(COCc2ccccc2)OC1=O.NC(COCc1ccccc1)C(=O)O.O=C(O)C(O)COCc1ccccc1. The second kappa shape index (κ2) is 48.2. The number of esters is 4. The zero-order valence-corrected chi connectivity index (χ0v) is 56.3. The van der Waals surface area contributed by atoms with Crippen LogP contribution >= 0.6 is 70.4 Å². The van der Waals surface area contributed by atoms with Crippen LogP contribution in [0.1, 0.15) is 55.5 Å². The summed E-state index contributed by atoms with van der Waals surface area (Å²) in [4.78, 5) is 97.1. The molecule has 0 aliphatic carbocycles. The van der Waals surface area contributed by atoms with Gasteiger partial charge in [0.25, 0.3) is 0 Å². The third-order valence-corrected chi connectivity index (χ3v) is 13.3. The van der Waals surface area contributed by atoms with Crippen molar-refractivity contribution in [1.82, 2.24) is 0 Å². The zero-order chi connectivity index (χ0) is 67.4. The van der Waals surface area contributed by atoms with Crippen molar-refractivity contribution < 1.29 is 111 Å². The number of cyclic esters (lactones) is 2. The molecule has 1 aliphatic rings. The lowest BCUT2D eigenvalue weighted by molar-refractivity contribution is -0.197. The lowest BCUT2D eigenvalue weighted by Crippen LogP contribution is -2.44. The molecule has 0 saturated carbocycles. The molecule has 1 fully saturated rings. The zero-order valence-electron chi connectivity index (χ0n) is 49.4. The number of carboxylic acid groups (broad SMARTS) is 4. The highest BCUT2D eigenvalue weighted by atomic mass is 127. The van der Waals surface area contributed by atoms with Crippen LogP contribution in [0.5, 0.6) is 0 Å². The summed E-state index contributed by atoms with van der Waals surface area (Å²) in [6.45, 7) is 7.53. The number of benzene rings is 5. The third-order valence-electron chi connectivity index (χ3n) is 10.7. The Kier molecular flexibility index (Phi) is 43.7. The third kappa shape index (κ3) is 39.5. The first-order valence-corrected chi connectivity index (χ1v) is 31.0. The van der Waals surface area contributed by atoms with Crippen LogP contribution in [-0.2, 0) is 119 Å². The molecule has 90 heavy (non-hydrogen) atoms. The van der Waals surface area contributed by atoms with Crippen LogP contribution in [-0.4, -0.2) is 161 Å². The fourth-order valence-electron chi connectivity index (χ4n) is 5.92.